The van der Waals surface area contributed by atoms with E-state index in [2.05, 4.69) is 15.2 Å². The Morgan fingerprint density at radius 1 is 1.08 bits per heavy atom. The van der Waals surface area contributed by atoms with Crippen molar-refractivity contribution >= 4 is 17.5 Å². The maximum Gasteiger partial charge on any atom is 0.254 e. The van der Waals surface area contributed by atoms with Gasteiger partial charge in [0, 0.05) is 49.8 Å². The van der Waals surface area contributed by atoms with Gasteiger partial charge in [-0.1, -0.05) is 12.1 Å². The van der Waals surface area contributed by atoms with Crippen LogP contribution in [-0.2, 0) is 4.79 Å². The lowest BCUT2D eigenvalue weighted by Crippen LogP contribution is -2.38. The minimum absolute atomic E-state index is 0.0236. The lowest BCUT2D eigenvalue weighted by Gasteiger charge is -2.21. The normalized spacial score (nSPS) is 15.3. The lowest BCUT2D eigenvalue weighted by molar-refractivity contribution is -0.117. The molecule has 0 aliphatic carbocycles. The fourth-order valence-corrected chi connectivity index (χ4v) is 3.14. The number of nitrogens with one attached hydrogen (secondary N) is 1. The molecule has 1 aliphatic rings. The van der Waals surface area contributed by atoms with Gasteiger partial charge in [0.25, 0.3) is 5.91 Å². The zero-order valence-electron chi connectivity index (χ0n) is 15.0. The van der Waals surface area contributed by atoms with Gasteiger partial charge < -0.3 is 10.2 Å². The number of pyridine rings is 1. The van der Waals surface area contributed by atoms with Crippen molar-refractivity contribution < 1.29 is 9.59 Å². The van der Waals surface area contributed by atoms with Crippen LogP contribution in [0, 0.1) is 6.92 Å². The van der Waals surface area contributed by atoms with Crippen LogP contribution in [0.15, 0.2) is 48.8 Å². The SMILES string of the molecule is Cc1cccc(NC(=O)CN2CCCN(C(=O)c3ccncc3)CC2)c1. The van der Waals surface area contributed by atoms with Crippen molar-refractivity contribution in [1.29, 1.82) is 0 Å². The Balaban J connectivity index is 1.52. The van der Waals surface area contributed by atoms with Crippen LogP contribution in [0.1, 0.15) is 22.3 Å². The monoisotopic (exact) mass is 352 g/mol. The molecule has 1 fully saturated rings. The van der Waals surface area contributed by atoms with Crippen LogP contribution in [0.4, 0.5) is 5.69 Å². The third-order valence-electron chi connectivity index (χ3n) is 4.47. The van der Waals surface area contributed by atoms with Gasteiger partial charge in [-0.15, -0.1) is 0 Å². The van der Waals surface area contributed by atoms with Gasteiger partial charge in [-0.25, -0.2) is 0 Å². The predicted octanol–water partition coefficient (Wildman–Crippen LogP) is 2.18. The van der Waals surface area contributed by atoms with Crippen molar-refractivity contribution in [2.45, 2.75) is 13.3 Å². The summed E-state index contributed by atoms with van der Waals surface area (Å²) in [4.78, 5) is 32.8. The minimum Gasteiger partial charge on any atom is -0.337 e. The second kappa shape index (κ2) is 8.58. The molecule has 2 aromatic rings. The van der Waals surface area contributed by atoms with Crippen molar-refractivity contribution in [3.8, 4) is 0 Å². The Hall–Kier alpha value is -2.73. The number of amides is 2. The summed E-state index contributed by atoms with van der Waals surface area (Å²) < 4.78 is 0. The number of hydrogen-bond donors (Lipinski definition) is 1. The van der Waals surface area contributed by atoms with E-state index in [1.165, 1.54) is 0 Å². The number of aryl methyl sites for hydroxylation is 1. The second-order valence-corrected chi connectivity index (χ2v) is 6.58. The second-order valence-electron chi connectivity index (χ2n) is 6.58. The predicted molar refractivity (Wildman–Crippen MR) is 101 cm³/mol. The van der Waals surface area contributed by atoms with E-state index in [9.17, 15) is 9.59 Å². The maximum atomic E-state index is 12.6. The molecule has 6 nitrogen and oxygen atoms in total. The fourth-order valence-electron chi connectivity index (χ4n) is 3.14. The standard InChI is InChI=1S/C20H24N4O2/c1-16-4-2-5-18(14-16)22-19(25)15-23-10-3-11-24(13-12-23)20(26)17-6-8-21-9-7-17/h2,4-9,14H,3,10-13,15H2,1H3,(H,22,25). The van der Waals surface area contributed by atoms with E-state index in [1.54, 1.807) is 24.5 Å². The number of anilines is 1. The molecule has 0 spiro atoms. The van der Waals surface area contributed by atoms with Crippen molar-refractivity contribution in [3.05, 3.63) is 59.9 Å². The highest BCUT2D eigenvalue weighted by Gasteiger charge is 2.21. The average molecular weight is 352 g/mol. The van der Waals surface area contributed by atoms with E-state index in [1.807, 2.05) is 36.1 Å². The third-order valence-corrected chi connectivity index (χ3v) is 4.47. The Bertz CT molecular complexity index is 763. The molecule has 2 heterocycles. The van der Waals surface area contributed by atoms with Crippen molar-refractivity contribution in [2.75, 3.05) is 38.0 Å². The number of aromatic nitrogens is 1. The van der Waals surface area contributed by atoms with Crippen LogP contribution in [0.25, 0.3) is 0 Å². The van der Waals surface area contributed by atoms with E-state index < -0.39 is 0 Å². The first kappa shape index (κ1) is 18.1. The highest BCUT2D eigenvalue weighted by molar-refractivity contribution is 5.94. The molecule has 0 radical (unpaired) electrons. The van der Waals surface area contributed by atoms with Gasteiger partial charge in [0.2, 0.25) is 5.91 Å². The van der Waals surface area contributed by atoms with E-state index in [4.69, 9.17) is 0 Å². The molecule has 1 aromatic carbocycles. The molecule has 0 atom stereocenters. The van der Waals surface area contributed by atoms with Gasteiger partial charge in [0.1, 0.15) is 0 Å². The number of hydrogen-bond acceptors (Lipinski definition) is 4. The fraction of sp³-hybridized carbons (Fsp3) is 0.350. The van der Waals surface area contributed by atoms with Crippen LogP contribution in [0.3, 0.4) is 0 Å². The molecule has 0 saturated carbocycles. The molecule has 1 aliphatic heterocycles. The first-order chi connectivity index (χ1) is 12.6. The number of carbonyl (C=O) groups excluding carboxylic acids is 2. The van der Waals surface area contributed by atoms with E-state index in [0.29, 0.717) is 31.7 Å². The molecule has 1 aromatic heterocycles. The summed E-state index contributed by atoms with van der Waals surface area (Å²) >= 11 is 0. The van der Waals surface area contributed by atoms with Crippen molar-refractivity contribution in [2.24, 2.45) is 0 Å². The molecular formula is C20H24N4O2. The zero-order chi connectivity index (χ0) is 18.4. The topological polar surface area (TPSA) is 65.5 Å². The van der Waals surface area contributed by atoms with Crippen LogP contribution < -0.4 is 5.32 Å². The van der Waals surface area contributed by atoms with Gasteiger partial charge in [0.05, 0.1) is 6.54 Å². The molecule has 0 bridgehead atoms. The summed E-state index contributed by atoms with van der Waals surface area (Å²) in [6, 6.07) is 11.2. The number of carbonyl (C=O) groups is 2. The van der Waals surface area contributed by atoms with Gasteiger partial charge >= 0.3 is 0 Å². The first-order valence-electron chi connectivity index (χ1n) is 8.90. The molecular weight excluding hydrogens is 328 g/mol. The summed E-state index contributed by atoms with van der Waals surface area (Å²) in [6.45, 7) is 5.17. The van der Waals surface area contributed by atoms with E-state index >= 15 is 0 Å². The number of rotatable bonds is 4. The summed E-state index contributed by atoms with van der Waals surface area (Å²) in [5.41, 5.74) is 2.59. The van der Waals surface area contributed by atoms with Crippen LogP contribution in [0.2, 0.25) is 0 Å². The van der Waals surface area contributed by atoms with Gasteiger partial charge in [-0.3, -0.25) is 19.5 Å². The largest absolute Gasteiger partial charge is 0.337 e. The molecule has 26 heavy (non-hydrogen) atoms. The number of nitrogens with zero attached hydrogens (tertiary/aromatic N) is 3. The highest BCUT2D eigenvalue weighted by Crippen LogP contribution is 2.11. The third kappa shape index (κ3) is 4.89. The van der Waals surface area contributed by atoms with E-state index in [-0.39, 0.29) is 11.8 Å². The number of benzene rings is 1. The quantitative estimate of drug-likeness (QED) is 0.916. The smallest absolute Gasteiger partial charge is 0.254 e. The molecule has 1 saturated heterocycles. The Kier molecular flexibility index (Phi) is 5.96. The Labute approximate surface area is 153 Å². The van der Waals surface area contributed by atoms with Gasteiger partial charge in [0.15, 0.2) is 0 Å². The van der Waals surface area contributed by atoms with Crippen molar-refractivity contribution in [3.63, 3.8) is 0 Å². The average Bonchev–Trinajstić information content (AvgIpc) is 2.87. The molecule has 2 amide bonds. The summed E-state index contributed by atoms with van der Waals surface area (Å²) in [5.74, 6) is 0.00275. The van der Waals surface area contributed by atoms with E-state index in [0.717, 1.165) is 24.2 Å². The molecule has 136 valence electrons. The maximum absolute atomic E-state index is 12.6. The van der Waals surface area contributed by atoms with Gasteiger partial charge in [-0.2, -0.15) is 0 Å². The Morgan fingerprint density at radius 2 is 1.88 bits per heavy atom. The van der Waals surface area contributed by atoms with Crippen LogP contribution in [0.5, 0.6) is 0 Å². The molecule has 3 rings (SSSR count). The summed E-state index contributed by atoms with van der Waals surface area (Å²) in [7, 11) is 0. The summed E-state index contributed by atoms with van der Waals surface area (Å²) in [5, 5.41) is 2.94. The summed E-state index contributed by atoms with van der Waals surface area (Å²) in [6.07, 6.45) is 4.12. The molecule has 6 heteroatoms. The first-order valence-corrected chi connectivity index (χ1v) is 8.90. The lowest BCUT2D eigenvalue weighted by atomic mass is 10.2. The van der Waals surface area contributed by atoms with Crippen molar-refractivity contribution in [1.82, 2.24) is 14.8 Å². The van der Waals surface area contributed by atoms with Crippen LogP contribution >= 0.6 is 0 Å². The highest BCUT2D eigenvalue weighted by atomic mass is 16.2. The van der Waals surface area contributed by atoms with Crippen LogP contribution in [-0.4, -0.2) is 59.3 Å². The molecule has 0 unspecified atom stereocenters. The zero-order valence-corrected chi connectivity index (χ0v) is 15.0. The van der Waals surface area contributed by atoms with Gasteiger partial charge in [-0.05, 0) is 43.2 Å². The minimum atomic E-state index is -0.0236. The Morgan fingerprint density at radius 3 is 2.65 bits per heavy atom. The molecule has 1 N–H and O–H groups in total.